The Bertz CT molecular complexity index is 653. The zero-order valence-electron chi connectivity index (χ0n) is 11.5. The van der Waals surface area contributed by atoms with Crippen molar-refractivity contribution < 1.29 is 4.79 Å². The molecular weight excluding hydrogens is 316 g/mol. The lowest BCUT2D eigenvalue weighted by atomic mass is 10.0. The predicted octanol–water partition coefficient (Wildman–Crippen LogP) is 3.78. The van der Waals surface area contributed by atoms with Crippen LogP contribution in [0.25, 0.3) is 0 Å². The van der Waals surface area contributed by atoms with Crippen molar-refractivity contribution in [3.05, 3.63) is 63.1 Å². The van der Waals surface area contributed by atoms with Gasteiger partial charge in [0, 0.05) is 22.3 Å². The lowest BCUT2D eigenvalue weighted by Crippen LogP contribution is -2.12. The monoisotopic (exact) mass is 332 g/mol. The van der Waals surface area contributed by atoms with Crippen LogP contribution in [0.3, 0.4) is 0 Å². The van der Waals surface area contributed by atoms with Crippen molar-refractivity contribution in [1.29, 1.82) is 0 Å². The van der Waals surface area contributed by atoms with Gasteiger partial charge in [0.2, 0.25) is 5.91 Å². The molecule has 2 aromatic carbocycles. The molecule has 0 heterocycles. The summed E-state index contributed by atoms with van der Waals surface area (Å²) in [7, 11) is 0. The first kappa shape index (κ1) is 14.6. The van der Waals surface area contributed by atoms with Crippen molar-refractivity contribution in [3.8, 4) is 0 Å². The van der Waals surface area contributed by atoms with Crippen molar-refractivity contribution in [2.75, 3.05) is 5.32 Å². The van der Waals surface area contributed by atoms with E-state index in [1.807, 2.05) is 31.2 Å². The summed E-state index contributed by atoms with van der Waals surface area (Å²) in [6.07, 6.45) is 0. The zero-order chi connectivity index (χ0) is 14.7. The van der Waals surface area contributed by atoms with Crippen LogP contribution in [0.5, 0.6) is 0 Å². The van der Waals surface area contributed by atoms with Gasteiger partial charge in [-0.3, -0.25) is 4.79 Å². The Morgan fingerprint density at radius 2 is 1.95 bits per heavy atom. The van der Waals surface area contributed by atoms with Gasteiger partial charge in [-0.15, -0.1) is 0 Å². The van der Waals surface area contributed by atoms with Gasteiger partial charge in [0.25, 0.3) is 0 Å². The normalized spacial score (nSPS) is 10.3. The molecule has 0 saturated heterocycles. The summed E-state index contributed by atoms with van der Waals surface area (Å²) in [4.78, 5) is 11.1. The summed E-state index contributed by atoms with van der Waals surface area (Å²) in [6, 6.07) is 11.6. The molecule has 4 heteroatoms. The number of hydrogen-bond donors (Lipinski definition) is 2. The number of nitrogens with two attached hydrogens (primary N) is 1. The molecule has 0 aliphatic carbocycles. The van der Waals surface area contributed by atoms with Gasteiger partial charge >= 0.3 is 0 Å². The summed E-state index contributed by atoms with van der Waals surface area (Å²) in [5.41, 5.74) is 10.3. The maximum absolute atomic E-state index is 11.1. The predicted molar refractivity (Wildman–Crippen MR) is 85.9 cm³/mol. The third-order valence-corrected chi connectivity index (χ3v) is 4.34. The average molecular weight is 333 g/mol. The van der Waals surface area contributed by atoms with Crippen molar-refractivity contribution in [3.63, 3.8) is 0 Å². The smallest absolute Gasteiger partial charge is 0.248 e. The number of primary amides is 1. The maximum atomic E-state index is 11.1. The molecule has 0 aliphatic heterocycles. The summed E-state index contributed by atoms with van der Waals surface area (Å²) in [6.45, 7) is 4.74. The molecule has 3 N–H and O–H groups in total. The number of amides is 1. The first-order chi connectivity index (χ1) is 9.49. The van der Waals surface area contributed by atoms with Crippen molar-refractivity contribution >= 4 is 27.5 Å². The highest BCUT2D eigenvalue weighted by atomic mass is 79.9. The fourth-order valence-electron chi connectivity index (χ4n) is 2.02. The Balaban J connectivity index is 2.15. The summed E-state index contributed by atoms with van der Waals surface area (Å²) in [5, 5.41) is 3.40. The molecule has 0 aliphatic rings. The third-order valence-electron chi connectivity index (χ3n) is 3.29. The lowest BCUT2D eigenvalue weighted by molar-refractivity contribution is 0.1000. The van der Waals surface area contributed by atoms with Gasteiger partial charge in [0.15, 0.2) is 0 Å². The Labute approximate surface area is 127 Å². The SMILES string of the molecule is Cc1cc(C(N)=O)ccc1CNc1cccc(C)c1Br. The molecule has 2 aromatic rings. The molecular formula is C16H17BrN2O. The van der Waals surface area contributed by atoms with Gasteiger partial charge in [-0.25, -0.2) is 0 Å². The van der Waals surface area contributed by atoms with Crippen LogP contribution in [0.15, 0.2) is 40.9 Å². The molecule has 0 saturated carbocycles. The molecule has 1 amide bonds. The molecule has 20 heavy (non-hydrogen) atoms. The van der Waals surface area contributed by atoms with Gasteiger partial charge in [-0.05, 0) is 64.7 Å². The molecule has 0 unspecified atom stereocenters. The number of rotatable bonds is 4. The summed E-state index contributed by atoms with van der Waals surface area (Å²) < 4.78 is 1.08. The fraction of sp³-hybridized carbons (Fsp3) is 0.188. The van der Waals surface area contributed by atoms with E-state index in [4.69, 9.17) is 5.73 Å². The van der Waals surface area contributed by atoms with E-state index in [-0.39, 0.29) is 0 Å². The van der Waals surface area contributed by atoms with Crippen molar-refractivity contribution in [2.24, 2.45) is 5.73 Å². The van der Waals surface area contributed by atoms with Crippen LogP contribution in [-0.4, -0.2) is 5.91 Å². The molecule has 0 atom stereocenters. The van der Waals surface area contributed by atoms with Gasteiger partial charge in [0.1, 0.15) is 0 Å². The summed E-state index contributed by atoms with van der Waals surface area (Å²) >= 11 is 3.58. The number of nitrogens with one attached hydrogen (secondary N) is 1. The fourth-order valence-corrected chi connectivity index (χ4v) is 2.43. The number of aryl methyl sites for hydroxylation is 2. The Hall–Kier alpha value is -1.81. The Morgan fingerprint density at radius 3 is 2.60 bits per heavy atom. The second kappa shape index (κ2) is 6.09. The average Bonchev–Trinajstić information content (AvgIpc) is 2.41. The number of anilines is 1. The van der Waals surface area contributed by atoms with E-state index in [0.29, 0.717) is 12.1 Å². The zero-order valence-corrected chi connectivity index (χ0v) is 13.1. The van der Waals surface area contributed by atoms with Gasteiger partial charge in [-0.1, -0.05) is 18.2 Å². The first-order valence-electron chi connectivity index (χ1n) is 6.37. The number of carbonyl (C=O) groups is 1. The number of carbonyl (C=O) groups excluding carboxylic acids is 1. The van der Waals surface area contributed by atoms with Crippen molar-refractivity contribution in [1.82, 2.24) is 0 Å². The highest BCUT2D eigenvalue weighted by Gasteiger charge is 2.06. The number of benzene rings is 2. The quantitative estimate of drug-likeness (QED) is 0.895. The van der Waals surface area contributed by atoms with Gasteiger partial charge in [0.05, 0.1) is 0 Å². The minimum absolute atomic E-state index is 0.394. The molecule has 0 radical (unpaired) electrons. The summed E-state index contributed by atoms with van der Waals surface area (Å²) in [5.74, 6) is -0.394. The number of hydrogen-bond acceptors (Lipinski definition) is 2. The van der Waals surface area contributed by atoms with E-state index in [9.17, 15) is 4.79 Å². The molecule has 0 spiro atoms. The van der Waals surface area contributed by atoms with Crippen LogP contribution < -0.4 is 11.1 Å². The molecule has 3 nitrogen and oxygen atoms in total. The highest BCUT2D eigenvalue weighted by Crippen LogP contribution is 2.26. The van der Waals surface area contributed by atoms with Crippen LogP contribution in [-0.2, 0) is 6.54 Å². The van der Waals surface area contributed by atoms with E-state index < -0.39 is 5.91 Å². The second-order valence-electron chi connectivity index (χ2n) is 4.80. The van der Waals surface area contributed by atoms with Crippen LogP contribution in [0, 0.1) is 13.8 Å². The topological polar surface area (TPSA) is 55.1 Å². The minimum Gasteiger partial charge on any atom is -0.380 e. The van der Waals surface area contributed by atoms with E-state index in [2.05, 4.69) is 34.2 Å². The third kappa shape index (κ3) is 3.20. The van der Waals surface area contributed by atoms with E-state index in [1.54, 1.807) is 6.07 Å². The standard InChI is InChI=1S/C16H17BrN2O/c1-10-4-3-5-14(15(10)17)19-9-13-7-6-12(16(18)20)8-11(13)2/h3-8,19H,9H2,1-2H3,(H2,18,20). The Kier molecular flexibility index (Phi) is 4.45. The van der Waals surface area contributed by atoms with Crippen LogP contribution >= 0.6 is 15.9 Å². The molecule has 0 fully saturated rings. The van der Waals surface area contributed by atoms with Gasteiger partial charge < -0.3 is 11.1 Å². The molecule has 104 valence electrons. The van der Waals surface area contributed by atoms with Crippen LogP contribution in [0.4, 0.5) is 5.69 Å². The Morgan fingerprint density at radius 1 is 1.20 bits per heavy atom. The van der Waals surface area contributed by atoms with E-state index in [0.717, 1.165) is 21.3 Å². The highest BCUT2D eigenvalue weighted by molar-refractivity contribution is 9.10. The molecule has 0 bridgehead atoms. The van der Waals surface area contributed by atoms with Crippen molar-refractivity contribution in [2.45, 2.75) is 20.4 Å². The first-order valence-corrected chi connectivity index (χ1v) is 7.16. The number of halogens is 1. The minimum atomic E-state index is -0.394. The van der Waals surface area contributed by atoms with Crippen LogP contribution in [0.2, 0.25) is 0 Å². The second-order valence-corrected chi connectivity index (χ2v) is 5.59. The largest absolute Gasteiger partial charge is 0.380 e. The molecule has 0 aromatic heterocycles. The lowest BCUT2D eigenvalue weighted by Gasteiger charge is -2.12. The maximum Gasteiger partial charge on any atom is 0.248 e. The van der Waals surface area contributed by atoms with E-state index >= 15 is 0 Å². The molecule has 2 rings (SSSR count). The van der Waals surface area contributed by atoms with Crippen LogP contribution in [0.1, 0.15) is 27.0 Å². The van der Waals surface area contributed by atoms with E-state index in [1.165, 1.54) is 5.56 Å². The van der Waals surface area contributed by atoms with Gasteiger partial charge in [-0.2, -0.15) is 0 Å².